The minimum absolute atomic E-state index is 0.00458. The molecule has 0 bridgehead atoms. The van der Waals surface area contributed by atoms with Gasteiger partial charge in [-0.1, -0.05) is 11.6 Å². The molecule has 0 aliphatic heterocycles. The van der Waals surface area contributed by atoms with Crippen LogP contribution < -0.4 is 11.4 Å². The molecule has 86 valence electrons. The summed E-state index contributed by atoms with van der Waals surface area (Å²) < 4.78 is 0. The molecule has 0 atom stereocenters. The van der Waals surface area contributed by atoms with Gasteiger partial charge in [0.1, 0.15) is 5.82 Å². The van der Waals surface area contributed by atoms with Crippen LogP contribution in [0.25, 0.3) is 0 Å². The molecule has 0 unspecified atom stereocenters. The van der Waals surface area contributed by atoms with Crippen LogP contribution in [0.2, 0.25) is 5.02 Å². The maximum absolute atomic E-state index is 12.0. The molecule has 0 amide bonds. The normalized spacial score (nSPS) is 10.2. The molecule has 1 aromatic carbocycles. The fourth-order valence-electron chi connectivity index (χ4n) is 1.35. The van der Waals surface area contributed by atoms with E-state index < -0.39 is 5.69 Å². The zero-order valence-corrected chi connectivity index (χ0v) is 9.36. The van der Waals surface area contributed by atoms with Gasteiger partial charge in [0.2, 0.25) is 0 Å². The molecule has 0 aliphatic carbocycles. The SMILES string of the molecule is Nc1[nH]c(=O)ncc1C(=O)c1ccc(Cl)cc1. The fraction of sp³-hybridized carbons (Fsp3) is 0. The van der Waals surface area contributed by atoms with E-state index in [1.165, 1.54) is 0 Å². The number of hydrogen-bond acceptors (Lipinski definition) is 4. The molecular weight excluding hydrogens is 242 g/mol. The molecule has 0 fully saturated rings. The van der Waals surface area contributed by atoms with Crippen molar-refractivity contribution in [1.29, 1.82) is 0 Å². The third-order valence-electron chi connectivity index (χ3n) is 2.19. The van der Waals surface area contributed by atoms with Crippen LogP contribution in [0.1, 0.15) is 15.9 Å². The average Bonchev–Trinajstić information content (AvgIpc) is 2.29. The monoisotopic (exact) mass is 249 g/mol. The predicted octanol–water partition coefficient (Wildman–Crippen LogP) is 1.24. The third-order valence-corrected chi connectivity index (χ3v) is 2.45. The topological polar surface area (TPSA) is 88.8 Å². The molecule has 0 aliphatic rings. The number of ketones is 1. The van der Waals surface area contributed by atoms with Crippen LogP contribution >= 0.6 is 11.6 Å². The van der Waals surface area contributed by atoms with Crippen LogP contribution in [0.15, 0.2) is 35.3 Å². The van der Waals surface area contributed by atoms with Crippen molar-refractivity contribution in [1.82, 2.24) is 9.97 Å². The van der Waals surface area contributed by atoms with Gasteiger partial charge in [0.15, 0.2) is 5.78 Å². The van der Waals surface area contributed by atoms with Gasteiger partial charge in [0, 0.05) is 16.8 Å². The van der Waals surface area contributed by atoms with Crippen LogP contribution in [0.5, 0.6) is 0 Å². The van der Waals surface area contributed by atoms with E-state index in [-0.39, 0.29) is 17.2 Å². The first-order valence-corrected chi connectivity index (χ1v) is 5.11. The fourth-order valence-corrected chi connectivity index (χ4v) is 1.47. The number of nitrogen functional groups attached to an aromatic ring is 1. The molecule has 3 N–H and O–H groups in total. The van der Waals surface area contributed by atoms with Crippen LogP contribution in [0.4, 0.5) is 5.82 Å². The van der Waals surface area contributed by atoms with Gasteiger partial charge in [-0.05, 0) is 24.3 Å². The van der Waals surface area contributed by atoms with E-state index in [0.717, 1.165) is 6.20 Å². The number of anilines is 1. The summed E-state index contributed by atoms with van der Waals surface area (Å²) in [4.78, 5) is 28.6. The van der Waals surface area contributed by atoms with Gasteiger partial charge in [0.05, 0.1) is 5.56 Å². The van der Waals surface area contributed by atoms with Crippen LogP contribution in [-0.4, -0.2) is 15.8 Å². The van der Waals surface area contributed by atoms with Crippen molar-refractivity contribution in [2.75, 3.05) is 5.73 Å². The summed E-state index contributed by atoms with van der Waals surface area (Å²) in [6.45, 7) is 0. The summed E-state index contributed by atoms with van der Waals surface area (Å²) >= 11 is 5.72. The maximum Gasteiger partial charge on any atom is 0.346 e. The Bertz CT molecular complexity index is 619. The molecule has 2 rings (SSSR count). The summed E-state index contributed by atoms with van der Waals surface area (Å²) in [5.74, 6) is -0.312. The summed E-state index contributed by atoms with van der Waals surface area (Å²) in [6.07, 6.45) is 1.16. The van der Waals surface area contributed by atoms with E-state index >= 15 is 0 Å². The first kappa shape index (κ1) is 11.3. The Morgan fingerprint density at radius 2 is 1.94 bits per heavy atom. The van der Waals surface area contributed by atoms with Gasteiger partial charge in [-0.25, -0.2) is 9.78 Å². The van der Waals surface area contributed by atoms with E-state index in [1.54, 1.807) is 24.3 Å². The molecule has 1 aromatic heterocycles. The number of nitrogens with one attached hydrogen (secondary N) is 1. The second-order valence-electron chi connectivity index (χ2n) is 3.35. The zero-order chi connectivity index (χ0) is 12.4. The van der Waals surface area contributed by atoms with Gasteiger partial charge in [-0.3, -0.25) is 9.78 Å². The highest BCUT2D eigenvalue weighted by Crippen LogP contribution is 2.15. The van der Waals surface area contributed by atoms with Gasteiger partial charge in [0.25, 0.3) is 0 Å². The quantitative estimate of drug-likeness (QED) is 0.784. The molecule has 0 saturated heterocycles. The van der Waals surface area contributed by atoms with Crippen LogP contribution in [0, 0.1) is 0 Å². The average molecular weight is 250 g/mol. The zero-order valence-electron chi connectivity index (χ0n) is 8.61. The molecule has 5 nitrogen and oxygen atoms in total. The van der Waals surface area contributed by atoms with E-state index in [2.05, 4.69) is 9.97 Å². The van der Waals surface area contributed by atoms with Crippen molar-refractivity contribution in [3.05, 3.63) is 57.1 Å². The Hall–Kier alpha value is -2.14. The summed E-state index contributed by atoms with van der Waals surface area (Å²) in [7, 11) is 0. The Kier molecular flexibility index (Phi) is 2.93. The molecule has 6 heteroatoms. The Labute approximate surface area is 101 Å². The summed E-state index contributed by atoms with van der Waals surface area (Å²) in [5.41, 5.74) is 5.54. The molecule has 1 heterocycles. The van der Waals surface area contributed by atoms with Crippen molar-refractivity contribution >= 4 is 23.2 Å². The minimum atomic E-state index is -0.588. The number of aromatic amines is 1. The van der Waals surface area contributed by atoms with E-state index in [9.17, 15) is 9.59 Å². The number of nitrogens with zero attached hydrogens (tertiary/aromatic N) is 1. The molecule has 17 heavy (non-hydrogen) atoms. The van der Waals surface area contributed by atoms with Gasteiger partial charge in [-0.15, -0.1) is 0 Å². The van der Waals surface area contributed by atoms with Crippen molar-refractivity contribution in [2.24, 2.45) is 0 Å². The van der Waals surface area contributed by atoms with Crippen molar-refractivity contribution in [3.63, 3.8) is 0 Å². The van der Waals surface area contributed by atoms with Crippen molar-refractivity contribution in [2.45, 2.75) is 0 Å². The highest BCUT2D eigenvalue weighted by Gasteiger charge is 2.13. The Morgan fingerprint density at radius 3 is 2.53 bits per heavy atom. The predicted molar refractivity (Wildman–Crippen MR) is 64.2 cm³/mol. The maximum atomic E-state index is 12.0. The number of halogens is 1. The second-order valence-corrected chi connectivity index (χ2v) is 3.79. The number of benzene rings is 1. The van der Waals surface area contributed by atoms with E-state index in [1.807, 2.05) is 0 Å². The lowest BCUT2D eigenvalue weighted by atomic mass is 10.1. The smallest absolute Gasteiger partial charge is 0.346 e. The van der Waals surface area contributed by atoms with E-state index in [4.69, 9.17) is 17.3 Å². The first-order chi connectivity index (χ1) is 8.08. The number of rotatable bonds is 2. The van der Waals surface area contributed by atoms with Crippen LogP contribution in [0.3, 0.4) is 0 Å². The highest BCUT2D eigenvalue weighted by atomic mass is 35.5. The standard InChI is InChI=1S/C11H8ClN3O2/c12-7-3-1-6(2-4-7)9(16)8-5-14-11(17)15-10(8)13/h1-5H,(H3,13,14,15,17). The minimum Gasteiger partial charge on any atom is -0.384 e. The van der Waals surface area contributed by atoms with Gasteiger partial charge >= 0.3 is 5.69 Å². The highest BCUT2D eigenvalue weighted by molar-refractivity contribution is 6.30. The van der Waals surface area contributed by atoms with Gasteiger partial charge in [-0.2, -0.15) is 0 Å². The summed E-state index contributed by atoms with van der Waals surface area (Å²) in [5, 5.41) is 0.536. The molecule has 0 radical (unpaired) electrons. The van der Waals surface area contributed by atoms with E-state index in [0.29, 0.717) is 10.6 Å². The first-order valence-electron chi connectivity index (χ1n) is 4.73. The van der Waals surface area contributed by atoms with Gasteiger partial charge < -0.3 is 5.73 Å². The molecular formula is C11H8ClN3O2. The second kappa shape index (κ2) is 4.39. The Balaban J connectivity index is 2.43. The third kappa shape index (κ3) is 2.34. The molecule has 2 aromatic rings. The molecule has 0 saturated carbocycles. The van der Waals surface area contributed by atoms with Crippen LogP contribution in [-0.2, 0) is 0 Å². The number of carbonyl (C=O) groups excluding carboxylic acids is 1. The lowest BCUT2D eigenvalue weighted by Crippen LogP contribution is -2.17. The molecule has 0 spiro atoms. The van der Waals surface area contributed by atoms with Crippen molar-refractivity contribution in [3.8, 4) is 0 Å². The number of nitrogens with two attached hydrogens (primary N) is 1. The lowest BCUT2D eigenvalue weighted by molar-refractivity contribution is 0.103. The largest absolute Gasteiger partial charge is 0.384 e. The Morgan fingerprint density at radius 1 is 1.29 bits per heavy atom. The number of carbonyl (C=O) groups is 1. The number of aromatic nitrogens is 2. The summed E-state index contributed by atoms with van der Waals surface area (Å²) in [6, 6.07) is 6.36. The number of H-pyrrole nitrogens is 1. The lowest BCUT2D eigenvalue weighted by Gasteiger charge is -2.03. The number of hydrogen-bond donors (Lipinski definition) is 2. The van der Waals surface area contributed by atoms with Crippen molar-refractivity contribution < 1.29 is 4.79 Å².